The van der Waals surface area contributed by atoms with E-state index in [9.17, 15) is 14.7 Å². The molecule has 0 heterocycles. The Morgan fingerprint density at radius 1 is 0.568 bits per heavy atom. The van der Waals surface area contributed by atoms with Crippen LogP contribution in [0.15, 0.2) is 48.5 Å². The van der Waals surface area contributed by atoms with Crippen molar-refractivity contribution in [3.05, 3.63) is 54.1 Å². The number of anilines is 2. The molecule has 5 heteroatoms. The fourth-order valence-electron chi connectivity index (χ4n) is 4.51. The molecule has 2 aromatic rings. The van der Waals surface area contributed by atoms with Gasteiger partial charge in [0.1, 0.15) is 5.75 Å². The van der Waals surface area contributed by atoms with E-state index in [1.165, 1.54) is 102 Å². The molecule has 0 aromatic heterocycles. The Kier molecular flexibility index (Phi) is 15.9. The molecule has 0 unspecified atom stereocenters. The van der Waals surface area contributed by atoms with Crippen molar-refractivity contribution in [2.24, 2.45) is 0 Å². The second kappa shape index (κ2) is 19.3. The topological polar surface area (TPSA) is 78.4 Å². The molecule has 2 amide bonds. The van der Waals surface area contributed by atoms with Crippen LogP contribution in [0.25, 0.3) is 0 Å². The highest BCUT2D eigenvalue weighted by Crippen LogP contribution is 2.17. The maximum Gasteiger partial charge on any atom is 0.255 e. The average Bonchev–Trinajstić information content (AvgIpc) is 2.90. The zero-order chi connectivity index (χ0) is 26.6. The maximum absolute atomic E-state index is 12.3. The van der Waals surface area contributed by atoms with E-state index in [1.807, 2.05) is 0 Å². The molecule has 37 heavy (non-hydrogen) atoms. The van der Waals surface area contributed by atoms with Crippen LogP contribution in [0.1, 0.15) is 126 Å². The second-order valence-corrected chi connectivity index (χ2v) is 10.2. The van der Waals surface area contributed by atoms with E-state index < -0.39 is 0 Å². The molecule has 3 N–H and O–H groups in total. The van der Waals surface area contributed by atoms with Gasteiger partial charge in [-0.3, -0.25) is 9.59 Å². The van der Waals surface area contributed by atoms with Crippen LogP contribution in [-0.2, 0) is 4.79 Å². The van der Waals surface area contributed by atoms with Gasteiger partial charge < -0.3 is 15.7 Å². The van der Waals surface area contributed by atoms with E-state index in [4.69, 9.17) is 0 Å². The van der Waals surface area contributed by atoms with Crippen molar-refractivity contribution < 1.29 is 14.7 Å². The van der Waals surface area contributed by atoms with E-state index in [1.54, 1.807) is 36.4 Å². The summed E-state index contributed by atoms with van der Waals surface area (Å²) < 4.78 is 0. The molecule has 0 spiro atoms. The predicted octanol–water partition coefficient (Wildman–Crippen LogP) is 9.23. The van der Waals surface area contributed by atoms with E-state index in [0.29, 0.717) is 23.4 Å². The molecule has 0 aliphatic rings. The number of phenols is 1. The third kappa shape index (κ3) is 14.5. The minimum absolute atomic E-state index is 0.0201. The van der Waals surface area contributed by atoms with Crippen molar-refractivity contribution in [1.82, 2.24) is 0 Å². The number of nitrogens with one attached hydrogen (secondary N) is 2. The fourth-order valence-corrected chi connectivity index (χ4v) is 4.51. The van der Waals surface area contributed by atoms with Crippen LogP contribution in [0, 0.1) is 0 Å². The van der Waals surface area contributed by atoms with Gasteiger partial charge in [-0.05, 0) is 55.0 Å². The molecule has 0 saturated heterocycles. The van der Waals surface area contributed by atoms with Crippen LogP contribution in [0.3, 0.4) is 0 Å². The van der Waals surface area contributed by atoms with Crippen molar-refractivity contribution in [2.75, 3.05) is 10.6 Å². The van der Waals surface area contributed by atoms with E-state index in [0.717, 1.165) is 12.8 Å². The van der Waals surface area contributed by atoms with Crippen LogP contribution >= 0.6 is 0 Å². The zero-order valence-corrected chi connectivity index (χ0v) is 22.9. The van der Waals surface area contributed by atoms with Gasteiger partial charge in [-0.2, -0.15) is 0 Å². The SMILES string of the molecule is CCCCCCCCCCCCCCCCCCC(=O)Nc1ccc(C(=O)Nc2ccc(O)cc2)cc1. The predicted molar refractivity (Wildman–Crippen MR) is 155 cm³/mol. The number of carbonyl (C=O) groups is 2. The zero-order valence-electron chi connectivity index (χ0n) is 22.9. The second-order valence-electron chi connectivity index (χ2n) is 10.2. The summed E-state index contributed by atoms with van der Waals surface area (Å²) in [5, 5.41) is 15.0. The molecule has 0 saturated carbocycles. The first-order chi connectivity index (χ1) is 18.1. The van der Waals surface area contributed by atoms with Crippen LogP contribution in [-0.4, -0.2) is 16.9 Å². The highest BCUT2D eigenvalue weighted by atomic mass is 16.3. The number of carbonyl (C=O) groups excluding carboxylic acids is 2. The Labute approximate surface area is 224 Å². The molecule has 5 nitrogen and oxygen atoms in total. The molecule has 0 aliphatic carbocycles. The number of benzene rings is 2. The Morgan fingerprint density at radius 2 is 0.973 bits per heavy atom. The first kappa shape index (κ1) is 30.4. The van der Waals surface area contributed by atoms with E-state index in [2.05, 4.69) is 17.6 Å². The van der Waals surface area contributed by atoms with Crippen molar-refractivity contribution in [2.45, 2.75) is 116 Å². The molecule has 204 valence electrons. The molecule has 2 aromatic carbocycles. The Bertz CT molecular complexity index is 878. The molecule has 0 fully saturated rings. The quantitative estimate of drug-likeness (QED) is 0.123. The van der Waals surface area contributed by atoms with Gasteiger partial charge in [0, 0.05) is 23.4 Å². The number of hydrogen-bond donors (Lipinski definition) is 3. The molecule has 2 rings (SSSR count). The minimum atomic E-state index is -0.239. The summed E-state index contributed by atoms with van der Waals surface area (Å²) in [7, 11) is 0. The fraction of sp³-hybridized carbons (Fsp3) is 0.562. The molecular weight excluding hydrogens is 460 g/mol. The first-order valence-electron chi connectivity index (χ1n) is 14.6. The minimum Gasteiger partial charge on any atom is -0.508 e. The number of rotatable bonds is 20. The number of unbranched alkanes of at least 4 members (excludes halogenated alkanes) is 15. The first-order valence-corrected chi connectivity index (χ1v) is 14.6. The number of phenolic OH excluding ortho intramolecular Hbond substituents is 1. The van der Waals surface area contributed by atoms with Crippen LogP contribution in [0.5, 0.6) is 5.75 Å². The van der Waals surface area contributed by atoms with Gasteiger partial charge in [-0.1, -0.05) is 103 Å². The third-order valence-corrected chi connectivity index (χ3v) is 6.81. The lowest BCUT2D eigenvalue weighted by Crippen LogP contribution is -2.13. The molecule has 0 atom stereocenters. The lowest BCUT2D eigenvalue weighted by atomic mass is 10.0. The third-order valence-electron chi connectivity index (χ3n) is 6.81. The summed E-state index contributed by atoms with van der Waals surface area (Å²) in [6, 6.07) is 13.2. The van der Waals surface area contributed by atoms with Gasteiger partial charge in [-0.15, -0.1) is 0 Å². The highest BCUT2D eigenvalue weighted by molar-refractivity contribution is 6.04. The lowest BCUT2D eigenvalue weighted by molar-refractivity contribution is -0.116. The van der Waals surface area contributed by atoms with Gasteiger partial charge in [0.2, 0.25) is 5.91 Å². The standard InChI is InChI=1S/C32H48N2O3/c1-2-3-4-5-6-7-8-9-10-11-12-13-14-15-16-17-18-31(36)33-28-21-19-27(20-22-28)32(37)34-29-23-25-30(35)26-24-29/h19-26,35H,2-18H2,1H3,(H,33,36)(H,34,37). The number of hydrogen-bond acceptors (Lipinski definition) is 3. The van der Waals surface area contributed by atoms with Crippen LogP contribution < -0.4 is 10.6 Å². The Balaban J connectivity index is 1.44. The lowest BCUT2D eigenvalue weighted by Gasteiger charge is -2.08. The van der Waals surface area contributed by atoms with E-state index in [-0.39, 0.29) is 17.6 Å². The summed E-state index contributed by atoms with van der Waals surface area (Å²) in [5.41, 5.74) is 1.81. The summed E-state index contributed by atoms with van der Waals surface area (Å²) >= 11 is 0. The van der Waals surface area contributed by atoms with Crippen molar-refractivity contribution in [3.8, 4) is 5.75 Å². The number of amides is 2. The average molecular weight is 509 g/mol. The van der Waals surface area contributed by atoms with Crippen LogP contribution in [0.4, 0.5) is 11.4 Å². The maximum atomic E-state index is 12.3. The summed E-state index contributed by atoms with van der Waals surface area (Å²) in [4.78, 5) is 24.6. The summed E-state index contributed by atoms with van der Waals surface area (Å²) in [5.74, 6) is -0.0685. The van der Waals surface area contributed by atoms with Crippen molar-refractivity contribution >= 4 is 23.2 Å². The number of aromatic hydroxyl groups is 1. The Morgan fingerprint density at radius 3 is 1.46 bits per heavy atom. The summed E-state index contributed by atoms with van der Waals surface area (Å²) in [6.07, 6.45) is 21.7. The van der Waals surface area contributed by atoms with Gasteiger partial charge in [0.05, 0.1) is 0 Å². The highest BCUT2D eigenvalue weighted by Gasteiger charge is 2.08. The molecule has 0 bridgehead atoms. The van der Waals surface area contributed by atoms with Gasteiger partial charge in [-0.25, -0.2) is 0 Å². The van der Waals surface area contributed by atoms with E-state index >= 15 is 0 Å². The summed E-state index contributed by atoms with van der Waals surface area (Å²) in [6.45, 7) is 2.27. The smallest absolute Gasteiger partial charge is 0.255 e. The van der Waals surface area contributed by atoms with Crippen molar-refractivity contribution in [3.63, 3.8) is 0 Å². The molecule has 0 radical (unpaired) electrons. The Hall–Kier alpha value is -2.82. The van der Waals surface area contributed by atoms with Gasteiger partial charge in [0.25, 0.3) is 5.91 Å². The normalized spacial score (nSPS) is 10.8. The van der Waals surface area contributed by atoms with Crippen molar-refractivity contribution in [1.29, 1.82) is 0 Å². The molecular formula is C32H48N2O3. The monoisotopic (exact) mass is 508 g/mol. The van der Waals surface area contributed by atoms with Crippen LogP contribution in [0.2, 0.25) is 0 Å². The largest absolute Gasteiger partial charge is 0.508 e. The van der Waals surface area contributed by atoms with Gasteiger partial charge >= 0.3 is 0 Å². The van der Waals surface area contributed by atoms with Gasteiger partial charge in [0.15, 0.2) is 0 Å². The molecule has 0 aliphatic heterocycles.